The van der Waals surface area contributed by atoms with Crippen molar-refractivity contribution in [3.8, 4) is 5.75 Å². The first-order chi connectivity index (χ1) is 10.2. The lowest BCUT2D eigenvalue weighted by Crippen LogP contribution is -2.26. The van der Waals surface area contributed by atoms with E-state index in [4.69, 9.17) is 4.74 Å². The van der Waals surface area contributed by atoms with Gasteiger partial charge in [0.25, 0.3) is 0 Å². The maximum absolute atomic E-state index is 5.86. The molecule has 0 saturated heterocycles. The summed E-state index contributed by atoms with van der Waals surface area (Å²) in [5.41, 5.74) is 1.22. The fraction of sp³-hybridized carbons (Fsp3) is 0.471. The van der Waals surface area contributed by atoms with Gasteiger partial charge in [-0.15, -0.1) is 0 Å². The van der Waals surface area contributed by atoms with Crippen LogP contribution in [0.4, 0.5) is 0 Å². The van der Waals surface area contributed by atoms with Crippen LogP contribution < -0.4 is 10.1 Å². The van der Waals surface area contributed by atoms with Crippen molar-refractivity contribution in [2.75, 3.05) is 13.2 Å². The number of aromatic nitrogens is 2. The maximum atomic E-state index is 5.86. The lowest BCUT2D eigenvalue weighted by molar-refractivity contribution is 0.282. The van der Waals surface area contributed by atoms with Crippen molar-refractivity contribution in [2.45, 2.75) is 39.8 Å². The summed E-state index contributed by atoms with van der Waals surface area (Å²) in [5, 5.41) is 3.49. The lowest BCUT2D eigenvalue weighted by atomic mass is 10.2. The number of hydrogen-bond acceptors (Lipinski definition) is 3. The topological polar surface area (TPSA) is 39.1 Å². The Labute approximate surface area is 127 Å². The van der Waals surface area contributed by atoms with Crippen molar-refractivity contribution in [3.63, 3.8) is 0 Å². The first kappa shape index (κ1) is 15.6. The fourth-order valence-corrected chi connectivity index (χ4v) is 2.47. The minimum atomic E-state index is 0.231. The highest BCUT2D eigenvalue weighted by Crippen LogP contribution is 2.17. The highest BCUT2D eigenvalue weighted by Gasteiger charge is 2.15. The van der Waals surface area contributed by atoms with Crippen molar-refractivity contribution >= 4 is 0 Å². The number of ether oxygens (including phenoxy) is 1. The molecule has 0 radical (unpaired) electrons. The van der Waals surface area contributed by atoms with Crippen molar-refractivity contribution in [3.05, 3.63) is 48.0 Å². The summed E-state index contributed by atoms with van der Waals surface area (Å²) in [6, 6.07) is 8.40. The molecule has 1 atom stereocenters. The van der Waals surface area contributed by atoms with Gasteiger partial charge in [0.05, 0.1) is 12.6 Å². The van der Waals surface area contributed by atoms with Crippen LogP contribution >= 0.6 is 0 Å². The Balaban J connectivity index is 1.94. The van der Waals surface area contributed by atoms with Gasteiger partial charge >= 0.3 is 0 Å². The molecule has 0 aliphatic heterocycles. The smallest absolute Gasteiger partial charge is 0.125 e. The van der Waals surface area contributed by atoms with E-state index in [0.29, 0.717) is 6.61 Å². The summed E-state index contributed by atoms with van der Waals surface area (Å²) in [6.45, 7) is 8.87. The van der Waals surface area contributed by atoms with E-state index in [1.807, 2.05) is 24.5 Å². The Morgan fingerprint density at radius 3 is 2.90 bits per heavy atom. The molecule has 1 aromatic heterocycles. The average Bonchev–Trinajstić information content (AvgIpc) is 2.95. The molecule has 114 valence electrons. The minimum Gasteiger partial charge on any atom is -0.494 e. The number of imidazole rings is 1. The SMILES string of the molecule is CCNC(CCOc1cccc(C)c1)c1nccn1CC. The van der Waals surface area contributed by atoms with Gasteiger partial charge in [-0.1, -0.05) is 19.1 Å². The van der Waals surface area contributed by atoms with Crippen molar-refractivity contribution < 1.29 is 4.74 Å². The second-order valence-electron chi connectivity index (χ2n) is 5.14. The molecule has 0 fully saturated rings. The third-order valence-corrected chi connectivity index (χ3v) is 3.52. The zero-order valence-electron chi connectivity index (χ0n) is 13.2. The number of nitrogens with one attached hydrogen (secondary N) is 1. The van der Waals surface area contributed by atoms with Crippen LogP contribution in [0, 0.1) is 6.92 Å². The van der Waals surface area contributed by atoms with Gasteiger partial charge in [0.2, 0.25) is 0 Å². The predicted octanol–water partition coefficient (Wildman–Crippen LogP) is 3.33. The molecule has 1 N–H and O–H groups in total. The molecule has 1 aromatic carbocycles. The molecule has 0 spiro atoms. The molecule has 0 amide bonds. The van der Waals surface area contributed by atoms with E-state index in [1.54, 1.807) is 0 Å². The third kappa shape index (κ3) is 4.33. The van der Waals surface area contributed by atoms with Crippen LogP contribution in [-0.2, 0) is 6.54 Å². The molecular formula is C17H25N3O. The number of aryl methyl sites for hydroxylation is 2. The van der Waals surface area contributed by atoms with E-state index in [2.05, 4.69) is 47.8 Å². The highest BCUT2D eigenvalue weighted by atomic mass is 16.5. The molecule has 0 aliphatic rings. The van der Waals surface area contributed by atoms with E-state index in [0.717, 1.165) is 31.1 Å². The third-order valence-electron chi connectivity index (χ3n) is 3.52. The van der Waals surface area contributed by atoms with E-state index >= 15 is 0 Å². The van der Waals surface area contributed by atoms with Crippen LogP contribution in [0.1, 0.15) is 37.7 Å². The number of nitrogens with zero attached hydrogens (tertiary/aromatic N) is 2. The van der Waals surface area contributed by atoms with Crippen LogP contribution in [0.15, 0.2) is 36.7 Å². The van der Waals surface area contributed by atoms with Gasteiger partial charge in [-0.25, -0.2) is 4.98 Å². The Morgan fingerprint density at radius 1 is 1.33 bits per heavy atom. The lowest BCUT2D eigenvalue weighted by Gasteiger charge is -2.19. The van der Waals surface area contributed by atoms with Crippen LogP contribution in [0.5, 0.6) is 5.75 Å². The second-order valence-corrected chi connectivity index (χ2v) is 5.14. The Morgan fingerprint density at radius 2 is 2.19 bits per heavy atom. The molecule has 4 heteroatoms. The molecule has 2 rings (SSSR count). The summed E-state index contributed by atoms with van der Waals surface area (Å²) in [5.74, 6) is 2.02. The van der Waals surface area contributed by atoms with Gasteiger partial charge in [0, 0.05) is 25.4 Å². The largest absolute Gasteiger partial charge is 0.494 e. The zero-order chi connectivity index (χ0) is 15.1. The normalized spacial score (nSPS) is 12.3. The minimum absolute atomic E-state index is 0.231. The van der Waals surface area contributed by atoms with Crippen molar-refractivity contribution in [1.29, 1.82) is 0 Å². The van der Waals surface area contributed by atoms with Gasteiger partial charge in [-0.3, -0.25) is 0 Å². The van der Waals surface area contributed by atoms with E-state index in [1.165, 1.54) is 5.56 Å². The standard InChI is InChI=1S/C17H25N3O/c1-4-18-16(17-19-10-11-20(17)5-2)9-12-21-15-8-6-7-14(3)13-15/h6-8,10-11,13,16,18H,4-5,9,12H2,1-3H3. The van der Waals surface area contributed by atoms with E-state index in [-0.39, 0.29) is 6.04 Å². The maximum Gasteiger partial charge on any atom is 0.125 e. The Hall–Kier alpha value is -1.81. The van der Waals surface area contributed by atoms with E-state index < -0.39 is 0 Å². The Kier molecular flexibility index (Phi) is 5.81. The highest BCUT2D eigenvalue weighted by molar-refractivity contribution is 5.27. The van der Waals surface area contributed by atoms with Crippen molar-refractivity contribution in [2.24, 2.45) is 0 Å². The second kappa shape index (κ2) is 7.84. The Bertz CT molecular complexity index is 550. The van der Waals surface area contributed by atoms with Gasteiger partial charge in [0.15, 0.2) is 0 Å². The molecule has 21 heavy (non-hydrogen) atoms. The van der Waals surface area contributed by atoms with E-state index in [9.17, 15) is 0 Å². The molecule has 2 aromatic rings. The molecule has 4 nitrogen and oxygen atoms in total. The fourth-order valence-electron chi connectivity index (χ4n) is 2.47. The molecular weight excluding hydrogens is 262 g/mol. The zero-order valence-corrected chi connectivity index (χ0v) is 13.2. The molecule has 0 aliphatic carbocycles. The summed E-state index contributed by atoms with van der Waals surface area (Å²) in [7, 11) is 0. The molecule has 0 saturated carbocycles. The van der Waals surface area contributed by atoms with Crippen LogP contribution in [0.2, 0.25) is 0 Å². The summed E-state index contributed by atoms with van der Waals surface area (Å²) in [4.78, 5) is 4.49. The molecule has 1 unspecified atom stereocenters. The summed E-state index contributed by atoms with van der Waals surface area (Å²) >= 11 is 0. The van der Waals surface area contributed by atoms with Crippen molar-refractivity contribution in [1.82, 2.24) is 14.9 Å². The first-order valence-corrected chi connectivity index (χ1v) is 7.68. The summed E-state index contributed by atoms with van der Waals surface area (Å²) in [6.07, 6.45) is 4.80. The van der Waals surface area contributed by atoms with Crippen LogP contribution in [0.3, 0.4) is 0 Å². The van der Waals surface area contributed by atoms with Crippen LogP contribution in [0.25, 0.3) is 0 Å². The van der Waals surface area contributed by atoms with Gasteiger partial charge in [0.1, 0.15) is 11.6 Å². The van der Waals surface area contributed by atoms with Gasteiger partial charge in [-0.2, -0.15) is 0 Å². The predicted molar refractivity (Wildman–Crippen MR) is 85.6 cm³/mol. The first-order valence-electron chi connectivity index (χ1n) is 7.68. The average molecular weight is 287 g/mol. The number of benzene rings is 1. The number of hydrogen-bond donors (Lipinski definition) is 1. The van der Waals surface area contributed by atoms with Crippen LogP contribution in [-0.4, -0.2) is 22.7 Å². The quantitative estimate of drug-likeness (QED) is 0.809. The molecule has 1 heterocycles. The van der Waals surface area contributed by atoms with Gasteiger partial charge < -0.3 is 14.6 Å². The van der Waals surface area contributed by atoms with Gasteiger partial charge in [-0.05, 0) is 38.1 Å². The molecule has 0 bridgehead atoms. The summed E-state index contributed by atoms with van der Waals surface area (Å²) < 4.78 is 8.04. The monoisotopic (exact) mass is 287 g/mol. The number of rotatable bonds is 8.